The molecule has 9 nitrogen and oxygen atoms in total. The van der Waals surface area contributed by atoms with E-state index in [0.29, 0.717) is 10.5 Å². The molecule has 0 aliphatic heterocycles. The predicted octanol–water partition coefficient (Wildman–Crippen LogP) is 4.31. The molecule has 2 aromatic rings. The molecule has 188 valence electrons. The number of hydrogen-bond donors (Lipinski definition) is 1. The van der Waals surface area contributed by atoms with Crippen molar-refractivity contribution in [3.63, 3.8) is 0 Å². The van der Waals surface area contributed by atoms with Crippen molar-refractivity contribution in [2.45, 2.75) is 43.9 Å². The van der Waals surface area contributed by atoms with E-state index in [9.17, 15) is 19.2 Å². The van der Waals surface area contributed by atoms with Crippen molar-refractivity contribution in [2.75, 3.05) is 20.3 Å². The van der Waals surface area contributed by atoms with Crippen molar-refractivity contribution in [1.82, 2.24) is 0 Å². The standard InChI is InChI=1S/C23H23NO8S.C2H6/c1-4-20(26)32-24-14(2)21(27)18-10-9-17(13-19(18)23(29)30-3)33-16-7-5-15(6-8-16)22(28)31-12-11-25;1-2/h5-10,13,25H,4,11-12H2,1-3H3;1-2H3/b24-14+;. The second kappa shape index (κ2) is 15.4. The summed E-state index contributed by atoms with van der Waals surface area (Å²) < 4.78 is 9.67. The third kappa shape index (κ3) is 8.99. The molecule has 1 N–H and O–H groups in total. The number of ketones is 1. The van der Waals surface area contributed by atoms with Crippen LogP contribution < -0.4 is 0 Å². The van der Waals surface area contributed by atoms with Crippen LogP contribution in [0.5, 0.6) is 0 Å². The van der Waals surface area contributed by atoms with Crippen LogP contribution in [0.15, 0.2) is 57.4 Å². The first-order chi connectivity index (χ1) is 16.8. The van der Waals surface area contributed by atoms with Crippen molar-refractivity contribution in [3.05, 3.63) is 59.2 Å². The summed E-state index contributed by atoms with van der Waals surface area (Å²) >= 11 is 1.30. The summed E-state index contributed by atoms with van der Waals surface area (Å²) in [5.41, 5.74) is 0.337. The van der Waals surface area contributed by atoms with Crippen molar-refractivity contribution >= 4 is 41.2 Å². The molecule has 10 heteroatoms. The minimum absolute atomic E-state index is 0.0352. The number of Topliss-reactive ketones (excluding diaryl/α,β-unsaturated/α-hetero) is 1. The summed E-state index contributed by atoms with van der Waals surface area (Å²) in [5.74, 6) is -2.42. The van der Waals surface area contributed by atoms with E-state index in [1.165, 1.54) is 37.9 Å². The fourth-order valence-electron chi connectivity index (χ4n) is 2.50. The molecule has 0 unspecified atom stereocenters. The van der Waals surface area contributed by atoms with Crippen LogP contribution >= 0.6 is 11.8 Å². The van der Waals surface area contributed by atoms with Crippen molar-refractivity contribution in [3.8, 4) is 0 Å². The molecule has 0 radical (unpaired) electrons. The second-order valence-corrected chi connectivity index (χ2v) is 7.65. The smallest absolute Gasteiger partial charge is 0.338 e. The third-order valence-electron chi connectivity index (χ3n) is 4.19. The van der Waals surface area contributed by atoms with E-state index in [0.717, 1.165) is 4.90 Å². The molecule has 0 bridgehead atoms. The Kier molecular flexibility index (Phi) is 13.0. The van der Waals surface area contributed by atoms with Gasteiger partial charge in [0, 0.05) is 21.8 Å². The molecule has 0 heterocycles. The van der Waals surface area contributed by atoms with Crippen LogP contribution in [-0.2, 0) is 19.1 Å². The molecule has 35 heavy (non-hydrogen) atoms. The molecule has 0 fully saturated rings. The fraction of sp³-hybridized carbons (Fsp3) is 0.320. The Morgan fingerprint density at radius 2 is 1.57 bits per heavy atom. The summed E-state index contributed by atoms with van der Waals surface area (Å²) in [6.45, 7) is 6.64. The molecule has 0 amide bonds. The van der Waals surface area contributed by atoms with E-state index in [4.69, 9.17) is 14.6 Å². The Labute approximate surface area is 208 Å². The Balaban J connectivity index is 0.00000298. The normalized spacial score (nSPS) is 10.5. The Morgan fingerprint density at radius 1 is 0.943 bits per heavy atom. The number of benzene rings is 2. The minimum atomic E-state index is -0.707. The van der Waals surface area contributed by atoms with Crippen LogP contribution in [0.2, 0.25) is 0 Å². The zero-order valence-electron chi connectivity index (χ0n) is 20.3. The number of carbonyl (C=O) groups excluding carboxylic acids is 4. The molecule has 0 saturated carbocycles. The minimum Gasteiger partial charge on any atom is -0.465 e. The number of oxime groups is 1. The van der Waals surface area contributed by atoms with Gasteiger partial charge in [0.1, 0.15) is 12.3 Å². The lowest BCUT2D eigenvalue weighted by molar-refractivity contribution is -0.143. The number of esters is 2. The molecule has 2 rings (SSSR count). The van der Waals surface area contributed by atoms with Gasteiger partial charge in [-0.1, -0.05) is 37.7 Å². The molecule has 0 aromatic heterocycles. The van der Waals surface area contributed by atoms with Crippen molar-refractivity contribution in [2.24, 2.45) is 5.16 Å². The SMILES string of the molecule is CC.CCC(=O)O/N=C(\C)C(=O)c1ccc(Sc2ccc(C(=O)OCCO)cc2)cc1C(=O)OC. The number of nitrogens with zero attached hydrogens (tertiary/aromatic N) is 1. The van der Waals surface area contributed by atoms with Gasteiger partial charge in [-0.25, -0.2) is 14.4 Å². The number of aliphatic hydroxyl groups is 1. The highest BCUT2D eigenvalue weighted by molar-refractivity contribution is 7.99. The maximum atomic E-state index is 12.7. The number of hydrogen-bond acceptors (Lipinski definition) is 10. The summed E-state index contributed by atoms with van der Waals surface area (Å²) in [6.07, 6.45) is 0.106. The van der Waals surface area contributed by atoms with Gasteiger partial charge in [0.05, 0.1) is 24.8 Å². The Hall–Kier alpha value is -3.50. The third-order valence-corrected chi connectivity index (χ3v) is 5.19. The highest BCUT2D eigenvalue weighted by Crippen LogP contribution is 2.30. The first-order valence-electron chi connectivity index (χ1n) is 10.9. The first-order valence-corrected chi connectivity index (χ1v) is 11.7. The zero-order chi connectivity index (χ0) is 26.4. The van der Waals surface area contributed by atoms with Crippen LogP contribution in [0, 0.1) is 0 Å². The summed E-state index contributed by atoms with van der Waals surface area (Å²) in [6, 6.07) is 11.2. The highest BCUT2D eigenvalue weighted by atomic mass is 32.2. The van der Waals surface area contributed by atoms with Gasteiger partial charge in [-0.15, -0.1) is 0 Å². The van der Waals surface area contributed by atoms with Crippen LogP contribution in [0.3, 0.4) is 0 Å². The van der Waals surface area contributed by atoms with Gasteiger partial charge >= 0.3 is 17.9 Å². The maximum absolute atomic E-state index is 12.7. The highest BCUT2D eigenvalue weighted by Gasteiger charge is 2.21. The van der Waals surface area contributed by atoms with Gasteiger partial charge in [0.2, 0.25) is 5.78 Å². The van der Waals surface area contributed by atoms with Crippen LogP contribution in [0.25, 0.3) is 0 Å². The van der Waals surface area contributed by atoms with Gasteiger partial charge in [-0.05, 0) is 49.4 Å². The van der Waals surface area contributed by atoms with Crippen molar-refractivity contribution in [1.29, 1.82) is 0 Å². The summed E-state index contributed by atoms with van der Waals surface area (Å²) in [7, 11) is 1.20. The molecule has 0 atom stereocenters. The lowest BCUT2D eigenvalue weighted by Gasteiger charge is -2.10. The van der Waals surface area contributed by atoms with Crippen LogP contribution in [0.4, 0.5) is 0 Å². The monoisotopic (exact) mass is 503 g/mol. The van der Waals surface area contributed by atoms with Gasteiger partial charge < -0.3 is 19.4 Å². The average Bonchev–Trinajstić information content (AvgIpc) is 2.90. The molecular formula is C25H29NO8S. The van der Waals surface area contributed by atoms with E-state index in [-0.39, 0.29) is 36.5 Å². The van der Waals surface area contributed by atoms with Gasteiger partial charge in [-0.2, -0.15) is 0 Å². The summed E-state index contributed by atoms with van der Waals surface area (Å²) in [4.78, 5) is 54.2. The van der Waals surface area contributed by atoms with Crippen molar-refractivity contribution < 1.29 is 38.6 Å². The van der Waals surface area contributed by atoms with Gasteiger partial charge in [0.25, 0.3) is 0 Å². The predicted molar refractivity (Wildman–Crippen MR) is 131 cm³/mol. The van der Waals surface area contributed by atoms with E-state index >= 15 is 0 Å². The van der Waals surface area contributed by atoms with E-state index < -0.39 is 23.7 Å². The quantitative estimate of drug-likeness (QED) is 0.166. The number of ether oxygens (including phenoxy) is 2. The number of aliphatic hydroxyl groups excluding tert-OH is 1. The molecule has 0 saturated heterocycles. The van der Waals surface area contributed by atoms with E-state index in [2.05, 4.69) is 9.99 Å². The molecule has 0 aliphatic rings. The molecule has 0 aliphatic carbocycles. The zero-order valence-corrected chi connectivity index (χ0v) is 21.1. The summed E-state index contributed by atoms with van der Waals surface area (Å²) in [5, 5.41) is 12.3. The number of rotatable bonds is 10. The number of methoxy groups -OCH3 is 1. The van der Waals surface area contributed by atoms with E-state index in [1.807, 2.05) is 13.8 Å². The van der Waals surface area contributed by atoms with Gasteiger partial charge in [0.15, 0.2) is 0 Å². The largest absolute Gasteiger partial charge is 0.465 e. The molecule has 0 spiro atoms. The average molecular weight is 504 g/mol. The number of carbonyl (C=O) groups is 4. The van der Waals surface area contributed by atoms with Gasteiger partial charge in [-0.3, -0.25) is 4.79 Å². The first kappa shape index (κ1) is 29.5. The van der Waals surface area contributed by atoms with Crippen LogP contribution in [0.1, 0.15) is 65.2 Å². The fourth-order valence-corrected chi connectivity index (χ4v) is 3.36. The Bertz CT molecular complexity index is 1060. The lowest BCUT2D eigenvalue weighted by Crippen LogP contribution is -2.17. The molecular weight excluding hydrogens is 474 g/mol. The maximum Gasteiger partial charge on any atom is 0.338 e. The van der Waals surface area contributed by atoms with E-state index in [1.54, 1.807) is 37.3 Å². The van der Waals surface area contributed by atoms with Crippen LogP contribution in [-0.4, -0.2) is 54.8 Å². The second-order valence-electron chi connectivity index (χ2n) is 6.51. The topological polar surface area (TPSA) is 129 Å². The lowest BCUT2D eigenvalue weighted by atomic mass is 10.0. The Morgan fingerprint density at radius 3 is 2.14 bits per heavy atom. The molecule has 2 aromatic carbocycles.